The smallest absolute Gasteiger partial charge is 0.344 e. The number of H-pyrrole nitrogens is 1. The molecule has 70 heavy (non-hydrogen) atoms. The number of fused-ring (bicyclic) bond motifs is 6. The summed E-state index contributed by atoms with van der Waals surface area (Å²) in [6.07, 6.45) is 11.3. The average Bonchev–Trinajstić information content (AvgIpc) is 4.02. The number of para-hydroxylation sites is 1. The van der Waals surface area contributed by atoms with E-state index in [1.54, 1.807) is 13.2 Å². The molecule has 1 spiro atoms. The van der Waals surface area contributed by atoms with Crippen LogP contribution in [0.3, 0.4) is 0 Å². The fourth-order valence-electron chi connectivity index (χ4n) is 14.8. The van der Waals surface area contributed by atoms with Gasteiger partial charge in [-0.3, -0.25) is 19.3 Å². The molecule has 9 atom stereocenters. The topological polar surface area (TPSA) is 148 Å². The van der Waals surface area contributed by atoms with Crippen molar-refractivity contribution in [2.45, 2.75) is 87.5 Å². The van der Waals surface area contributed by atoms with Crippen LogP contribution < -0.4 is 9.64 Å². The Bertz CT molecular complexity index is 2890. The maximum absolute atomic E-state index is 15.7. The van der Waals surface area contributed by atoms with E-state index in [9.17, 15) is 19.5 Å². The number of hydrogen-bond donors (Lipinski definition) is 2. The second-order valence-electron chi connectivity index (χ2n) is 20.7. The van der Waals surface area contributed by atoms with E-state index in [1.165, 1.54) is 26.7 Å². The van der Waals surface area contributed by atoms with Crippen LogP contribution in [0.1, 0.15) is 74.4 Å². The number of esters is 3. The summed E-state index contributed by atoms with van der Waals surface area (Å²) < 4.78 is 24.8. The summed E-state index contributed by atoms with van der Waals surface area (Å²) in [7, 11) is 6.16. The summed E-state index contributed by atoms with van der Waals surface area (Å²) in [5, 5.41) is 15.1. The lowest BCUT2D eigenvalue weighted by atomic mass is 9.47. The van der Waals surface area contributed by atoms with Gasteiger partial charge in [0.25, 0.3) is 0 Å². The summed E-state index contributed by atoms with van der Waals surface area (Å²) >= 11 is 6.17. The Kier molecular flexibility index (Phi) is 12.0. The number of halogens is 1. The van der Waals surface area contributed by atoms with Crippen molar-refractivity contribution in [1.82, 2.24) is 9.88 Å². The molecule has 13 nitrogen and oxygen atoms in total. The van der Waals surface area contributed by atoms with Crippen LogP contribution in [0.2, 0.25) is 5.02 Å². The molecule has 1 saturated heterocycles. The van der Waals surface area contributed by atoms with Crippen molar-refractivity contribution in [3.63, 3.8) is 0 Å². The molecule has 6 heterocycles. The summed E-state index contributed by atoms with van der Waals surface area (Å²) in [6.45, 7) is 8.98. The fraction of sp³-hybridized carbons (Fsp3) is 0.464. The highest BCUT2D eigenvalue weighted by Gasteiger charge is 2.80. The highest BCUT2D eigenvalue weighted by Crippen LogP contribution is 2.68. The lowest BCUT2D eigenvalue weighted by Gasteiger charge is -2.63. The molecular weight excluding hydrogens is 908 g/mol. The quantitative estimate of drug-likeness (QED) is 0.0516. The number of carbonyl (C=O) groups excluding carboxylic acids is 4. The Morgan fingerprint density at radius 1 is 0.986 bits per heavy atom. The third-order valence-electron chi connectivity index (χ3n) is 17.3. The van der Waals surface area contributed by atoms with Crippen molar-refractivity contribution in [3.8, 4) is 5.75 Å². The van der Waals surface area contributed by atoms with Gasteiger partial charge in [-0.1, -0.05) is 80.1 Å². The summed E-state index contributed by atoms with van der Waals surface area (Å²) in [5.41, 5.74) is 1.07. The number of hydrogen-bond acceptors (Lipinski definition) is 11. The number of aromatic nitrogens is 1. The Morgan fingerprint density at radius 3 is 2.44 bits per heavy atom. The first-order chi connectivity index (χ1) is 33.6. The predicted octanol–water partition coefficient (Wildman–Crippen LogP) is 7.25. The Balaban J connectivity index is 1.21. The number of benzene rings is 3. The highest BCUT2D eigenvalue weighted by molar-refractivity contribution is 6.30. The van der Waals surface area contributed by atoms with Gasteiger partial charge in [0.2, 0.25) is 11.4 Å². The lowest BCUT2D eigenvalue weighted by molar-refractivity contribution is -0.920. The number of anilines is 1. The molecule has 0 radical (unpaired) electrons. The predicted molar refractivity (Wildman–Crippen MR) is 268 cm³/mol. The standard InChI is InChI=1S/C56H64ClN4O9/c1-8-35-27-37-30-55(51(64)68-6,47-41(40-13-10-11-14-44(40)58-47)21-26-61(31-35,32-37)33-39(63)20-17-36-15-18-38(57)19-16-36)43-28-42-45(29-46(43)67-5)59(4)49-54(42)23-25-60-24-12-22-53(9-2,48(54)60)50(70-34(3)62)56(49,66)52(65)69-7/h10-20,22,27-29,37,48-50,58,66H,8-9,21,23-26,30-33H2,1-7H3/q+1/b20-17+/t37-,48+,49-,50-,53-,54-,55+,56+,61-/m1/s1. The van der Waals surface area contributed by atoms with E-state index < -0.39 is 51.9 Å². The van der Waals surface area contributed by atoms with E-state index in [4.69, 9.17) is 30.5 Å². The monoisotopic (exact) mass is 971 g/mol. The minimum absolute atomic E-state index is 0.0172. The van der Waals surface area contributed by atoms with Gasteiger partial charge in [0, 0.05) is 88.7 Å². The maximum atomic E-state index is 15.7. The van der Waals surface area contributed by atoms with Crippen molar-refractivity contribution in [2.75, 3.05) is 72.5 Å². The molecule has 0 unspecified atom stereocenters. The number of ketones is 1. The van der Waals surface area contributed by atoms with Crippen molar-refractivity contribution in [1.29, 1.82) is 0 Å². The van der Waals surface area contributed by atoms with Crippen molar-refractivity contribution in [2.24, 2.45) is 11.3 Å². The summed E-state index contributed by atoms with van der Waals surface area (Å²) in [4.78, 5) is 65.8. The lowest BCUT2D eigenvalue weighted by Crippen LogP contribution is -2.81. The Hall–Kier alpha value is -5.73. The van der Waals surface area contributed by atoms with Crippen LogP contribution in [-0.4, -0.2) is 135 Å². The molecule has 2 fully saturated rings. The molecule has 2 N–H and O–H groups in total. The van der Waals surface area contributed by atoms with E-state index in [1.807, 2.05) is 73.5 Å². The first-order valence-corrected chi connectivity index (χ1v) is 25.0. The normalized spacial score (nSPS) is 31.9. The number of carbonyl (C=O) groups is 4. The molecule has 5 aliphatic heterocycles. The van der Waals surface area contributed by atoms with E-state index in [0.717, 1.165) is 39.7 Å². The van der Waals surface area contributed by atoms with Gasteiger partial charge < -0.3 is 38.4 Å². The number of nitrogens with one attached hydrogen (secondary N) is 1. The largest absolute Gasteiger partial charge is 0.496 e. The first-order valence-electron chi connectivity index (χ1n) is 24.6. The first kappa shape index (κ1) is 47.9. The van der Waals surface area contributed by atoms with Crippen molar-refractivity contribution < 1.29 is 47.7 Å². The zero-order chi connectivity index (χ0) is 49.5. The van der Waals surface area contributed by atoms with E-state index in [-0.39, 0.29) is 30.7 Å². The van der Waals surface area contributed by atoms with Crippen LogP contribution in [-0.2, 0) is 50.6 Å². The molecule has 6 aliphatic rings. The molecule has 1 aliphatic carbocycles. The molecule has 4 aromatic rings. The van der Waals surface area contributed by atoms with E-state index in [2.05, 4.69) is 47.2 Å². The minimum atomic E-state index is -2.33. The Labute approximate surface area is 414 Å². The third-order valence-corrected chi connectivity index (χ3v) is 17.5. The van der Waals surface area contributed by atoms with E-state index in [0.29, 0.717) is 78.5 Å². The van der Waals surface area contributed by atoms with Crippen molar-refractivity contribution >= 4 is 58.0 Å². The molecule has 368 valence electrons. The number of aromatic amines is 1. The van der Waals surface area contributed by atoms with Crippen LogP contribution in [0.4, 0.5) is 5.69 Å². The van der Waals surface area contributed by atoms with Gasteiger partial charge in [-0.25, -0.2) is 4.79 Å². The van der Waals surface area contributed by atoms with E-state index >= 15 is 4.79 Å². The van der Waals surface area contributed by atoms with Crippen LogP contribution in [0.15, 0.2) is 90.5 Å². The number of methoxy groups -OCH3 is 3. The highest BCUT2D eigenvalue weighted by atomic mass is 35.5. The zero-order valence-corrected chi connectivity index (χ0v) is 41.9. The number of rotatable bonds is 11. The van der Waals surface area contributed by atoms with Gasteiger partial charge in [-0.2, -0.15) is 0 Å². The summed E-state index contributed by atoms with van der Waals surface area (Å²) in [6, 6.07) is 18.3. The summed E-state index contributed by atoms with van der Waals surface area (Å²) in [5.74, 6) is -1.70. The van der Waals surface area contributed by atoms with Crippen molar-refractivity contribution in [3.05, 3.63) is 124 Å². The molecule has 3 aromatic carbocycles. The molecule has 1 aromatic heterocycles. The van der Waals surface area contributed by atoms with Crippen LogP contribution in [0.25, 0.3) is 17.0 Å². The number of nitrogens with zero attached hydrogens (tertiary/aromatic N) is 3. The second kappa shape index (κ2) is 17.5. The van der Waals surface area contributed by atoms with Gasteiger partial charge >= 0.3 is 17.9 Å². The van der Waals surface area contributed by atoms with Crippen LogP contribution in [0, 0.1) is 11.3 Å². The van der Waals surface area contributed by atoms with Gasteiger partial charge in [0.05, 0.1) is 40.5 Å². The van der Waals surface area contributed by atoms with Gasteiger partial charge in [0.15, 0.2) is 6.10 Å². The molecule has 2 bridgehead atoms. The molecule has 0 amide bonds. The average molecular weight is 973 g/mol. The van der Waals surface area contributed by atoms with Crippen LogP contribution in [0.5, 0.6) is 5.75 Å². The Morgan fingerprint density at radius 2 is 1.74 bits per heavy atom. The maximum Gasteiger partial charge on any atom is 0.344 e. The third kappa shape index (κ3) is 6.88. The SMILES string of the molecule is CCC1=C[C@@H]2C[C@](C(=O)OC)(c3cc4c(cc3OC)N(C)[C@H]3[C@@](O)(C(=O)OC)[C@H](OC(C)=O)[C@]5(CC)C=CCN6CC[C@]43[C@@H]65)c3[nH]c4ccccc4c3CC[N@@+](CC(=O)/C=C/c3ccc(Cl)cc3)(C1)C2. The fourth-order valence-corrected chi connectivity index (χ4v) is 14.9. The van der Waals surface area contributed by atoms with Gasteiger partial charge in [-0.05, 0) is 84.8 Å². The number of quaternary nitrogens is 1. The molecule has 1 saturated carbocycles. The second-order valence-corrected chi connectivity index (χ2v) is 21.1. The number of aliphatic hydroxyl groups is 1. The minimum Gasteiger partial charge on any atom is -0.496 e. The molecule has 14 heteroatoms. The van der Waals surface area contributed by atoms with Gasteiger partial charge in [0.1, 0.15) is 24.3 Å². The van der Waals surface area contributed by atoms with Gasteiger partial charge in [-0.15, -0.1) is 0 Å². The molecule has 10 rings (SSSR count). The molecular formula is C56H64ClN4O9+. The number of ether oxygens (including phenoxy) is 4. The zero-order valence-electron chi connectivity index (χ0n) is 41.2. The van der Waals surface area contributed by atoms with Crippen LogP contribution >= 0.6 is 11.6 Å². The number of likely N-dealkylation sites (N-methyl/N-ethyl adjacent to an activating group) is 1.